The molecular formula is C23H36N2O. The van der Waals surface area contributed by atoms with Crippen molar-refractivity contribution in [3.63, 3.8) is 0 Å². The molecule has 0 atom stereocenters. The SMILES string of the molecule is CCCCCC(=O)N1c2cccc(C3CCN(C)CC3)c2CCC1(C)C. The quantitative estimate of drug-likeness (QED) is 0.683. The molecule has 0 aliphatic carbocycles. The predicted octanol–water partition coefficient (Wildman–Crippen LogP) is 5.13. The molecule has 1 fully saturated rings. The van der Waals surface area contributed by atoms with Crippen molar-refractivity contribution in [3.05, 3.63) is 29.3 Å². The number of carbonyl (C=O) groups excluding carboxylic acids is 1. The molecule has 26 heavy (non-hydrogen) atoms. The molecule has 2 aliphatic rings. The molecule has 3 heteroatoms. The molecule has 0 saturated carbocycles. The molecule has 3 rings (SSSR count). The molecule has 3 nitrogen and oxygen atoms in total. The standard InChI is InChI=1S/C23H36N2O/c1-5-6-7-11-22(26)25-21-10-8-9-19(18-13-16-24(4)17-14-18)20(21)12-15-23(25,2)3/h8-10,18H,5-7,11-17H2,1-4H3. The van der Waals surface area contributed by atoms with Gasteiger partial charge in [0.15, 0.2) is 0 Å². The van der Waals surface area contributed by atoms with E-state index in [9.17, 15) is 4.79 Å². The number of fused-ring (bicyclic) bond motifs is 1. The van der Waals surface area contributed by atoms with Crippen molar-refractivity contribution in [2.75, 3.05) is 25.0 Å². The lowest BCUT2D eigenvalue weighted by Gasteiger charge is -2.45. The van der Waals surface area contributed by atoms with E-state index in [0.29, 0.717) is 18.2 Å². The molecule has 0 bridgehead atoms. The third-order valence-electron chi connectivity index (χ3n) is 6.42. The Morgan fingerprint density at radius 1 is 1.19 bits per heavy atom. The van der Waals surface area contributed by atoms with E-state index in [4.69, 9.17) is 0 Å². The summed E-state index contributed by atoms with van der Waals surface area (Å²) in [6.07, 6.45) is 8.62. The van der Waals surface area contributed by atoms with Crippen LogP contribution in [0.25, 0.3) is 0 Å². The van der Waals surface area contributed by atoms with Crippen LogP contribution >= 0.6 is 0 Å². The summed E-state index contributed by atoms with van der Waals surface area (Å²) in [7, 11) is 2.22. The highest BCUT2D eigenvalue weighted by atomic mass is 16.2. The van der Waals surface area contributed by atoms with Gasteiger partial charge in [0.05, 0.1) is 0 Å². The van der Waals surface area contributed by atoms with Gasteiger partial charge in [0, 0.05) is 17.6 Å². The Labute approximate surface area is 159 Å². The maximum Gasteiger partial charge on any atom is 0.227 e. The van der Waals surface area contributed by atoms with Gasteiger partial charge in [-0.05, 0) is 89.2 Å². The fourth-order valence-corrected chi connectivity index (χ4v) is 4.75. The van der Waals surface area contributed by atoms with Crippen LogP contribution in [0.2, 0.25) is 0 Å². The summed E-state index contributed by atoms with van der Waals surface area (Å²) < 4.78 is 0. The zero-order chi connectivity index (χ0) is 18.7. The lowest BCUT2D eigenvalue weighted by atomic mass is 9.79. The van der Waals surface area contributed by atoms with Gasteiger partial charge in [-0.1, -0.05) is 31.9 Å². The normalized spacial score (nSPS) is 20.8. The Hall–Kier alpha value is -1.35. The highest BCUT2D eigenvalue weighted by molar-refractivity contribution is 5.96. The molecule has 0 aromatic heterocycles. The monoisotopic (exact) mass is 356 g/mol. The maximum atomic E-state index is 13.1. The lowest BCUT2D eigenvalue weighted by Crippen LogP contribution is -2.51. The first-order valence-corrected chi connectivity index (χ1v) is 10.6. The van der Waals surface area contributed by atoms with E-state index >= 15 is 0 Å². The Balaban J connectivity index is 1.89. The number of carbonyl (C=O) groups is 1. The van der Waals surface area contributed by atoms with Crippen LogP contribution in [0, 0.1) is 0 Å². The molecule has 1 aromatic rings. The van der Waals surface area contributed by atoms with Gasteiger partial charge in [-0.2, -0.15) is 0 Å². The Kier molecular flexibility index (Phi) is 6.06. The smallest absolute Gasteiger partial charge is 0.227 e. The summed E-state index contributed by atoms with van der Waals surface area (Å²) in [4.78, 5) is 17.7. The van der Waals surface area contributed by atoms with Crippen molar-refractivity contribution in [1.29, 1.82) is 0 Å². The van der Waals surface area contributed by atoms with Gasteiger partial charge in [0.2, 0.25) is 5.91 Å². The van der Waals surface area contributed by atoms with Gasteiger partial charge in [0.1, 0.15) is 0 Å². The van der Waals surface area contributed by atoms with Crippen molar-refractivity contribution >= 4 is 11.6 Å². The molecule has 144 valence electrons. The maximum absolute atomic E-state index is 13.1. The average molecular weight is 357 g/mol. The van der Waals surface area contributed by atoms with Crippen molar-refractivity contribution < 1.29 is 4.79 Å². The van der Waals surface area contributed by atoms with Crippen molar-refractivity contribution in [3.8, 4) is 0 Å². The van der Waals surface area contributed by atoms with E-state index in [0.717, 1.165) is 32.1 Å². The van der Waals surface area contributed by atoms with Crippen LogP contribution in [0.1, 0.15) is 82.8 Å². The van der Waals surface area contributed by atoms with Crippen LogP contribution in [0.3, 0.4) is 0 Å². The molecular weight excluding hydrogens is 320 g/mol. The molecule has 0 radical (unpaired) electrons. The molecule has 1 amide bonds. The van der Waals surface area contributed by atoms with Crippen LogP contribution in [-0.2, 0) is 11.2 Å². The van der Waals surface area contributed by atoms with Gasteiger partial charge >= 0.3 is 0 Å². The highest BCUT2D eigenvalue weighted by Gasteiger charge is 2.38. The molecule has 2 heterocycles. The second-order valence-electron chi connectivity index (χ2n) is 8.92. The minimum Gasteiger partial charge on any atom is -0.307 e. The minimum absolute atomic E-state index is 0.0816. The number of unbranched alkanes of at least 4 members (excludes halogenated alkanes) is 2. The molecule has 1 saturated heterocycles. The summed E-state index contributed by atoms with van der Waals surface area (Å²) in [5.41, 5.74) is 4.07. The minimum atomic E-state index is -0.0816. The Morgan fingerprint density at radius 2 is 1.92 bits per heavy atom. The summed E-state index contributed by atoms with van der Waals surface area (Å²) >= 11 is 0. The topological polar surface area (TPSA) is 23.6 Å². The number of anilines is 1. The molecule has 1 aromatic carbocycles. The number of hydrogen-bond donors (Lipinski definition) is 0. The van der Waals surface area contributed by atoms with Gasteiger partial charge in [-0.25, -0.2) is 0 Å². The van der Waals surface area contributed by atoms with Crippen LogP contribution in [0.15, 0.2) is 18.2 Å². The molecule has 0 spiro atoms. The van der Waals surface area contributed by atoms with E-state index in [1.807, 2.05) is 0 Å². The van der Waals surface area contributed by atoms with Gasteiger partial charge in [0.25, 0.3) is 0 Å². The van der Waals surface area contributed by atoms with Crippen LogP contribution in [0.4, 0.5) is 5.69 Å². The number of hydrogen-bond acceptors (Lipinski definition) is 2. The number of rotatable bonds is 5. The van der Waals surface area contributed by atoms with E-state index in [-0.39, 0.29) is 5.54 Å². The Morgan fingerprint density at radius 3 is 2.62 bits per heavy atom. The summed E-state index contributed by atoms with van der Waals surface area (Å²) in [5.74, 6) is 0.962. The van der Waals surface area contributed by atoms with E-state index in [1.54, 1.807) is 0 Å². The fraction of sp³-hybridized carbons (Fsp3) is 0.696. The van der Waals surface area contributed by atoms with Crippen molar-refractivity contribution in [2.24, 2.45) is 0 Å². The summed E-state index contributed by atoms with van der Waals surface area (Å²) in [5, 5.41) is 0. The molecule has 0 N–H and O–H groups in total. The zero-order valence-corrected chi connectivity index (χ0v) is 17.2. The first-order valence-electron chi connectivity index (χ1n) is 10.6. The largest absolute Gasteiger partial charge is 0.307 e. The number of likely N-dealkylation sites (tertiary alicyclic amines) is 1. The summed E-state index contributed by atoms with van der Waals surface area (Å²) in [6, 6.07) is 6.69. The summed E-state index contributed by atoms with van der Waals surface area (Å²) in [6.45, 7) is 9.02. The van der Waals surface area contributed by atoms with E-state index in [2.05, 4.69) is 55.8 Å². The zero-order valence-electron chi connectivity index (χ0n) is 17.2. The van der Waals surface area contributed by atoms with Gasteiger partial charge in [-0.15, -0.1) is 0 Å². The second-order valence-corrected chi connectivity index (χ2v) is 8.92. The third-order valence-corrected chi connectivity index (χ3v) is 6.42. The van der Waals surface area contributed by atoms with Crippen LogP contribution in [0.5, 0.6) is 0 Å². The van der Waals surface area contributed by atoms with Crippen LogP contribution in [-0.4, -0.2) is 36.5 Å². The average Bonchev–Trinajstić information content (AvgIpc) is 2.61. The van der Waals surface area contributed by atoms with E-state index < -0.39 is 0 Å². The number of piperidine rings is 1. The first-order chi connectivity index (χ1) is 12.4. The number of amides is 1. The second kappa shape index (κ2) is 8.12. The Bertz CT molecular complexity index is 629. The van der Waals surface area contributed by atoms with Crippen molar-refractivity contribution in [1.82, 2.24) is 4.90 Å². The van der Waals surface area contributed by atoms with Crippen LogP contribution < -0.4 is 4.90 Å². The third kappa shape index (κ3) is 3.98. The molecule has 2 aliphatic heterocycles. The number of benzene rings is 1. The number of nitrogens with zero attached hydrogens (tertiary/aromatic N) is 2. The first kappa shape index (κ1) is 19.4. The van der Waals surface area contributed by atoms with Crippen molar-refractivity contribution in [2.45, 2.75) is 83.6 Å². The van der Waals surface area contributed by atoms with Gasteiger partial charge in [-0.3, -0.25) is 4.79 Å². The van der Waals surface area contributed by atoms with Gasteiger partial charge < -0.3 is 9.80 Å². The lowest BCUT2D eigenvalue weighted by molar-refractivity contribution is -0.120. The fourth-order valence-electron chi connectivity index (χ4n) is 4.75. The van der Waals surface area contributed by atoms with E-state index in [1.165, 1.54) is 42.7 Å². The highest BCUT2D eigenvalue weighted by Crippen LogP contribution is 2.42. The molecule has 0 unspecified atom stereocenters. The predicted molar refractivity (Wildman–Crippen MR) is 110 cm³/mol.